The van der Waals surface area contributed by atoms with Gasteiger partial charge in [-0.1, -0.05) is 95.3 Å². The van der Waals surface area contributed by atoms with Gasteiger partial charge in [-0.3, -0.25) is 6.08 Å². The summed E-state index contributed by atoms with van der Waals surface area (Å²) < 4.78 is 0. The molecule has 3 aromatic rings. The van der Waals surface area contributed by atoms with Crippen molar-refractivity contribution in [2.24, 2.45) is 5.92 Å². The molecule has 0 radical (unpaired) electrons. The molecule has 0 aliphatic heterocycles. The van der Waals surface area contributed by atoms with E-state index in [1.165, 1.54) is 57.9 Å². The fourth-order valence-electron chi connectivity index (χ4n) is 4.97. The van der Waals surface area contributed by atoms with Gasteiger partial charge in [0.25, 0.3) is 0 Å². The zero-order valence-corrected chi connectivity index (χ0v) is 23.7. The maximum absolute atomic E-state index is 3.36. The maximum atomic E-state index is 3.36. The molecule has 0 fully saturated rings. The molecule has 2 aliphatic rings. The summed E-state index contributed by atoms with van der Waals surface area (Å²) in [5.74, 6) is 1.14. The summed E-state index contributed by atoms with van der Waals surface area (Å²) in [6, 6.07) is 20.3. The second-order valence-electron chi connectivity index (χ2n) is 8.83. The summed E-state index contributed by atoms with van der Waals surface area (Å²) in [7, 11) is 0. The van der Waals surface area contributed by atoms with Crippen LogP contribution in [0.1, 0.15) is 68.7 Å². The van der Waals surface area contributed by atoms with Crippen molar-refractivity contribution in [3.05, 3.63) is 99.6 Å². The van der Waals surface area contributed by atoms with Crippen LogP contribution in [0.3, 0.4) is 0 Å². The number of halogens is 2. The Labute approximate surface area is 225 Å². The number of benzene rings is 2. The smallest absolute Gasteiger partial charge is 1.00 e. The largest absolute Gasteiger partial charge is 4.00 e. The van der Waals surface area contributed by atoms with E-state index in [4.69, 9.17) is 0 Å². The van der Waals surface area contributed by atoms with E-state index < -0.39 is 0 Å². The van der Waals surface area contributed by atoms with E-state index in [2.05, 4.69) is 95.3 Å². The van der Waals surface area contributed by atoms with Crippen molar-refractivity contribution in [1.82, 2.24) is 0 Å². The molecule has 0 amide bonds. The SMILES string of the molecule is CC1=[C-]C(C)C(C)=C1C.Cc1cc2c([cH-]1)CCCC2c1cccc2ccccc12.[Cl-].[Cl-].[Zr+4]. The number of allylic oxidation sites excluding steroid dienone is 4. The van der Waals surface area contributed by atoms with Gasteiger partial charge in [0.15, 0.2) is 0 Å². The molecular weight excluding hydrogens is 510 g/mol. The van der Waals surface area contributed by atoms with Crippen LogP contribution in [0.2, 0.25) is 0 Å². The summed E-state index contributed by atoms with van der Waals surface area (Å²) >= 11 is 0. The van der Waals surface area contributed by atoms with E-state index in [-0.39, 0.29) is 51.0 Å². The molecule has 2 unspecified atom stereocenters. The number of hydrogen-bond donors (Lipinski definition) is 0. The van der Waals surface area contributed by atoms with Crippen LogP contribution in [-0.2, 0) is 32.6 Å². The first-order valence-electron chi connectivity index (χ1n) is 11.0. The zero-order valence-electron chi connectivity index (χ0n) is 19.7. The van der Waals surface area contributed by atoms with Crippen molar-refractivity contribution in [2.75, 3.05) is 0 Å². The summed E-state index contributed by atoms with van der Waals surface area (Å²) in [5, 5.41) is 2.78. The molecule has 3 aromatic carbocycles. The van der Waals surface area contributed by atoms with Crippen LogP contribution in [0.15, 0.2) is 71.3 Å². The van der Waals surface area contributed by atoms with Crippen molar-refractivity contribution in [3.8, 4) is 0 Å². The van der Waals surface area contributed by atoms with Crippen LogP contribution in [-0.4, -0.2) is 0 Å². The van der Waals surface area contributed by atoms with Gasteiger partial charge in [0.05, 0.1) is 0 Å². The first-order valence-corrected chi connectivity index (χ1v) is 11.0. The van der Waals surface area contributed by atoms with Gasteiger partial charge in [-0.2, -0.15) is 33.9 Å². The Hall–Kier alpha value is -1.01. The molecule has 5 rings (SSSR count). The Morgan fingerprint density at radius 3 is 2.22 bits per heavy atom. The van der Waals surface area contributed by atoms with Gasteiger partial charge in [0.2, 0.25) is 0 Å². The molecule has 0 N–H and O–H groups in total. The molecule has 2 atom stereocenters. The molecule has 0 spiro atoms. The van der Waals surface area contributed by atoms with Gasteiger partial charge >= 0.3 is 26.2 Å². The third kappa shape index (κ3) is 5.91. The van der Waals surface area contributed by atoms with E-state index in [1.807, 2.05) is 0 Å². The summed E-state index contributed by atoms with van der Waals surface area (Å²) in [4.78, 5) is 0. The van der Waals surface area contributed by atoms with Gasteiger partial charge in [0.1, 0.15) is 0 Å². The summed E-state index contributed by atoms with van der Waals surface area (Å²) in [5.41, 5.74) is 10.3. The van der Waals surface area contributed by atoms with E-state index in [0.717, 1.165) is 0 Å². The Balaban J connectivity index is 0.000000369. The molecule has 0 aromatic heterocycles. The minimum Gasteiger partial charge on any atom is -1.00 e. The van der Waals surface area contributed by atoms with Crippen LogP contribution in [0.4, 0.5) is 0 Å². The third-order valence-electron chi connectivity index (χ3n) is 6.91. The number of aryl methyl sites for hydroxylation is 2. The number of rotatable bonds is 1. The topological polar surface area (TPSA) is 0 Å². The summed E-state index contributed by atoms with van der Waals surface area (Å²) in [6.45, 7) is 10.9. The van der Waals surface area contributed by atoms with Crippen molar-refractivity contribution in [1.29, 1.82) is 0 Å². The zero-order chi connectivity index (χ0) is 20.5. The van der Waals surface area contributed by atoms with E-state index >= 15 is 0 Å². The van der Waals surface area contributed by atoms with Gasteiger partial charge in [0, 0.05) is 0 Å². The molecule has 0 saturated heterocycles. The van der Waals surface area contributed by atoms with Crippen LogP contribution in [0.25, 0.3) is 10.8 Å². The second kappa shape index (κ2) is 12.5. The molecule has 0 nitrogen and oxygen atoms in total. The molecule has 32 heavy (non-hydrogen) atoms. The quantitative estimate of drug-likeness (QED) is 0.413. The van der Waals surface area contributed by atoms with E-state index in [1.54, 1.807) is 11.1 Å². The normalized spacial score (nSPS) is 19.0. The first-order chi connectivity index (χ1) is 14.0. The average molecular weight is 543 g/mol. The molecule has 166 valence electrons. The average Bonchev–Trinajstić information content (AvgIpc) is 3.22. The minimum atomic E-state index is 0. The standard InChI is InChI=1S/C20H19.C9H13.2ClH.Zr/c1-14-12-16-8-5-11-19(20(16)13-14)18-10-4-7-15-6-2-3-9-17(15)18;1-6-5-7(2)9(4)8(6)3;;;/h2-4,6-7,9-10,12-13,19H,5,8,11H2,1H3;6H,1-4H3;2*1H;/q2*-1;;;+4/p-2. The molecule has 0 saturated carbocycles. The van der Waals surface area contributed by atoms with Gasteiger partial charge < -0.3 is 24.8 Å². The van der Waals surface area contributed by atoms with Crippen LogP contribution in [0.5, 0.6) is 0 Å². The minimum absolute atomic E-state index is 0. The predicted octanol–water partition coefficient (Wildman–Crippen LogP) is 2.06. The van der Waals surface area contributed by atoms with Crippen molar-refractivity contribution < 1.29 is 51.0 Å². The van der Waals surface area contributed by atoms with Crippen LogP contribution < -0.4 is 24.8 Å². The molecular formula is C29H32Cl2Zr. The van der Waals surface area contributed by atoms with Gasteiger partial charge in [-0.25, -0.2) is 11.6 Å². The Morgan fingerprint density at radius 2 is 1.59 bits per heavy atom. The van der Waals surface area contributed by atoms with Crippen molar-refractivity contribution in [2.45, 2.75) is 59.8 Å². The van der Waals surface area contributed by atoms with E-state index in [9.17, 15) is 0 Å². The first kappa shape index (κ1) is 29.0. The molecule has 0 bridgehead atoms. The van der Waals surface area contributed by atoms with Gasteiger partial charge in [-0.15, -0.1) is 6.92 Å². The van der Waals surface area contributed by atoms with E-state index in [0.29, 0.717) is 11.8 Å². The van der Waals surface area contributed by atoms with Crippen LogP contribution in [0, 0.1) is 18.9 Å². The van der Waals surface area contributed by atoms with Gasteiger partial charge in [-0.05, 0) is 22.3 Å². The Morgan fingerprint density at radius 1 is 0.906 bits per heavy atom. The molecule has 3 heteroatoms. The fraction of sp³-hybridized carbons (Fsp3) is 0.345. The maximum Gasteiger partial charge on any atom is 4.00 e. The summed E-state index contributed by atoms with van der Waals surface area (Å²) in [6.07, 6.45) is 7.21. The Kier molecular flexibility index (Phi) is 11.3. The fourth-order valence-corrected chi connectivity index (χ4v) is 4.97. The monoisotopic (exact) mass is 540 g/mol. The third-order valence-corrected chi connectivity index (χ3v) is 6.91. The Bertz CT molecular complexity index is 1100. The molecule has 0 heterocycles. The number of fused-ring (bicyclic) bond motifs is 2. The van der Waals surface area contributed by atoms with Crippen molar-refractivity contribution in [3.63, 3.8) is 0 Å². The molecule has 2 aliphatic carbocycles. The van der Waals surface area contributed by atoms with Crippen molar-refractivity contribution >= 4 is 10.8 Å². The second-order valence-corrected chi connectivity index (χ2v) is 8.83. The van der Waals surface area contributed by atoms with Crippen LogP contribution >= 0.6 is 0 Å². The number of hydrogen-bond acceptors (Lipinski definition) is 0. The predicted molar refractivity (Wildman–Crippen MR) is 125 cm³/mol.